The monoisotopic (exact) mass is 594 g/mol. The smallest absolute Gasteiger partial charge is 0.398 e. The molecule has 0 spiro atoms. The van der Waals surface area contributed by atoms with Gasteiger partial charge in [0.05, 0.1) is 0 Å². The molecule has 0 radical (unpaired) electrons. The second-order valence-electron chi connectivity index (χ2n) is 9.82. The number of benzene rings is 5. The fourth-order valence-electron chi connectivity index (χ4n) is 5.00. The van der Waals surface area contributed by atoms with Crippen molar-refractivity contribution in [3.05, 3.63) is 168 Å². The molecule has 42 heavy (non-hydrogen) atoms. The summed E-state index contributed by atoms with van der Waals surface area (Å²) in [6.45, 7) is 0. The van der Waals surface area contributed by atoms with Crippen molar-refractivity contribution in [2.75, 3.05) is 0 Å². The van der Waals surface area contributed by atoms with Gasteiger partial charge in [0.25, 0.3) is 0 Å². The summed E-state index contributed by atoms with van der Waals surface area (Å²) < 4.78 is 38.3. The van der Waals surface area contributed by atoms with E-state index in [1.165, 1.54) is 0 Å². The van der Waals surface area contributed by atoms with E-state index in [0.29, 0.717) is 11.5 Å². The normalized spacial score (nSPS) is 22.7. The Balaban J connectivity index is 1.11. The summed E-state index contributed by atoms with van der Waals surface area (Å²) in [6.07, 6.45) is -1.23. The van der Waals surface area contributed by atoms with Crippen LogP contribution < -0.4 is 9.05 Å². The summed E-state index contributed by atoms with van der Waals surface area (Å²) in [5.41, 5.74) is 4.11. The maximum atomic E-state index is 6.40. The molecule has 8 heteroatoms. The molecule has 5 aromatic carbocycles. The molecule has 0 unspecified atom stereocenters. The van der Waals surface area contributed by atoms with Crippen LogP contribution in [0.3, 0.4) is 0 Å². The van der Waals surface area contributed by atoms with Crippen molar-refractivity contribution < 1.29 is 27.1 Å². The van der Waals surface area contributed by atoms with E-state index in [-0.39, 0.29) is 24.4 Å². The predicted molar refractivity (Wildman–Crippen MR) is 163 cm³/mol. The van der Waals surface area contributed by atoms with Gasteiger partial charge in [0.1, 0.15) is 24.4 Å². The third kappa shape index (κ3) is 5.97. The van der Waals surface area contributed by atoms with E-state index in [4.69, 9.17) is 27.1 Å². The molecule has 0 N–H and O–H groups in total. The van der Waals surface area contributed by atoms with Crippen LogP contribution in [0.15, 0.2) is 146 Å². The van der Waals surface area contributed by atoms with Crippen molar-refractivity contribution in [2.24, 2.45) is 0 Å². The highest BCUT2D eigenvalue weighted by Crippen LogP contribution is 2.63. The molecule has 0 aromatic heterocycles. The lowest BCUT2D eigenvalue weighted by atomic mass is 9.99. The molecule has 2 aliphatic heterocycles. The SMILES string of the molecule is c1ccc([C@H]2OP(Oc3ccccc3OP3O[C@H](c4ccccc4)[C@@H](c4ccccc4)O3)O[C@@H]2c2ccccc2)cc1. The summed E-state index contributed by atoms with van der Waals surface area (Å²) in [5.74, 6) is 0.997. The quantitative estimate of drug-likeness (QED) is 0.167. The van der Waals surface area contributed by atoms with E-state index in [0.717, 1.165) is 22.3 Å². The Bertz CT molecular complexity index is 1360. The van der Waals surface area contributed by atoms with Crippen molar-refractivity contribution in [1.82, 2.24) is 0 Å². The lowest BCUT2D eigenvalue weighted by Crippen LogP contribution is -2.06. The van der Waals surface area contributed by atoms with E-state index < -0.39 is 17.2 Å². The van der Waals surface area contributed by atoms with Crippen LogP contribution in [-0.2, 0) is 18.1 Å². The van der Waals surface area contributed by atoms with Crippen LogP contribution in [0.1, 0.15) is 46.7 Å². The van der Waals surface area contributed by atoms with Gasteiger partial charge in [0.2, 0.25) is 0 Å². The van der Waals surface area contributed by atoms with Gasteiger partial charge in [0.15, 0.2) is 11.5 Å². The first kappa shape index (κ1) is 27.2. The molecule has 0 saturated carbocycles. The molecular formula is C34H28O6P2. The Kier molecular flexibility index (Phi) is 8.26. The van der Waals surface area contributed by atoms with Crippen LogP contribution >= 0.6 is 17.2 Å². The first-order chi connectivity index (χ1) is 20.8. The van der Waals surface area contributed by atoms with Crippen molar-refractivity contribution in [3.63, 3.8) is 0 Å². The summed E-state index contributed by atoms with van der Waals surface area (Å²) >= 11 is 0. The molecule has 4 atom stereocenters. The van der Waals surface area contributed by atoms with Crippen molar-refractivity contribution in [1.29, 1.82) is 0 Å². The first-order valence-electron chi connectivity index (χ1n) is 13.7. The number of rotatable bonds is 8. The largest absolute Gasteiger partial charge is 0.423 e. The summed E-state index contributed by atoms with van der Waals surface area (Å²) in [4.78, 5) is 0. The second-order valence-corrected chi connectivity index (χ2v) is 11.9. The molecule has 2 fully saturated rings. The van der Waals surface area contributed by atoms with Gasteiger partial charge in [-0.1, -0.05) is 133 Å². The average Bonchev–Trinajstić information content (AvgIpc) is 3.68. The topological polar surface area (TPSA) is 55.4 Å². The Hall–Kier alpha value is -3.60. The Morgan fingerprint density at radius 1 is 0.333 bits per heavy atom. The second kappa shape index (κ2) is 12.7. The van der Waals surface area contributed by atoms with Crippen LogP contribution in [0.25, 0.3) is 0 Å². The van der Waals surface area contributed by atoms with Gasteiger partial charge in [0, 0.05) is 0 Å². The minimum atomic E-state index is -1.73. The van der Waals surface area contributed by atoms with Crippen LogP contribution in [0.2, 0.25) is 0 Å². The molecule has 5 aromatic rings. The molecular weight excluding hydrogens is 566 g/mol. The molecule has 0 amide bonds. The minimum absolute atomic E-state index is 0.308. The van der Waals surface area contributed by atoms with E-state index in [1.807, 2.05) is 146 Å². The summed E-state index contributed by atoms with van der Waals surface area (Å²) in [7, 11) is -3.45. The van der Waals surface area contributed by atoms with Gasteiger partial charge in [-0.3, -0.25) is 18.1 Å². The Morgan fingerprint density at radius 3 is 0.833 bits per heavy atom. The number of hydrogen-bond donors (Lipinski definition) is 0. The van der Waals surface area contributed by atoms with Crippen LogP contribution in [0.5, 0.6) is 11.5 Å². The molecule has 0 aliphatic carbocycles. The third-order valence-electron chi connectivity index (χ3n) is 7.06. The van der Waals surface area contributed by atoms with E-state index in [2.05, 4.69) is 0 Å². The van der Waals surface area contributed by atoms with Gasteiger partial charge in [-0.2, -0.15) is 0 Å². The van der Waals surface area contributed by atoms with Crippen LogP contribution in [-0.4, -0.2) is 0 Å². The van der Waals surface area contributed by atoms with E-state index >= 15 is 0 Å². The zero-order valence-electron chi connectivity index (χ0n) is 22.5. The van der Waals surface area contributed by atoms with Crippen molar-refractivity contribution >= 4 is 17.2 Å². The fourth-order valence-corrected chi connectivity index (χ4v) is 7.57. The Morgan fingerprint density at radius 2 is 0.571 bits per heavy atom. The van der Waals surface area contributed by atoms with Crippen molar-refractivity contribution in [2.45, 2.75) is 24.4 Å². The highest BCUT2D eigenvalue weighted by Gasteiger charge is 2.43. The molecule has 2 saturated heterocycles. The van der Waals surface area contributed by atoms with Crippen LogP contribution in [0.4, 0.5) is 0 Å². The third-order valence-corrected chi connectivity index (χ3v) is 9.34. The zero-order chi connectivity index (χ0) is 28.1. The van der Waals surface area contributed by atoms with Gasteiger partial charge in [-0.05, 0) is 34.4 Å². The fraction of sp³-hybridized carbons (Fsp3) is 0.118. The molecule has 2 aliphatic rings. The molecule has 0 bridgehead atoms. The van der Waals surface area contributed by atoms with E-state index in [1.54, 1.807) is 0 Å². The zero-order valence-corrected chi connectivity index (χ0v) is 24.3. The highest BCUT2D eigenvalue weighted by molar-refractivity contribution is 7.42. The highest BCUT2D eigenvalue weighted by atomic mass is 31.2. The number of para-hydroxylation sites is 2. The lowest BCUT2D eigenvalue weighted by molar-refractivity contribution is 0.159. The van der Waals surface area contributed by atoms with Gasteiger partial charge >= 0.3 is 17.2 Å². The average molecular weight is 595 g/mol. The summed E-state index contributed by atoms with van der Waals surface area (Å²) in [6, 6.07) is 47.8. The molecule has 7 rings (SSSR count). The molecule has 2 heterocycles. The first-order valence-corrected chi connectivity index (χ1v) is 15.9. The van der Waals surface area contributed by atoms with Crippen LogP contribution in [0, 0.1) is 0 Å². The van der Waals surface area contributed by atoms with Gasteiger partial charge in [-0.25, -0.2) is 0 Å². The Labute approximate surface area is 247 Å². The molecule has 210 valence electrons. The van der Waals surface area contributed by atoms with Crippen molar-refractivity contribution in [3.8, 4) is 11.5 Å². The van der Waals surface area contributed by atoms with E-state index in [9.17, 15) is 0 Å². The minimum Gasteiger partial charge on any atom is -0.423 e. The maximum Gasteiger partial charge on any atom is 0.398 e. The van der Waals surface area contributed by atoms with Gasteiger partial charge in [-0.15, -0.1) is 0 Å². The standard InChI is InChI=1S/C34H28O6P2/c1-5-15-25(16-6-1)31-32(26-17-7-2-8-18-26)38-41(37-31)35-29-23-13-14-24-30(29)36-42-39-33(27-19-9-3-10-20-27)34(40-42)28-21-11-4-12-22-28/h1-24,31-34H/t31-,32-,33-,34-/m1/s1. The molecule has 6 nitrogen and oxygen atoms in total. The predicted octanol–water partition coefficient (Wildman–Crippen LogP) is 9.96. The summed E-state index contributed by atoms with van der Waals surface area (Å²) in [5, 5.41) is 0. The number of hydrogen-bond acceptors (Lipinski definition) is 6. The van der Waals surface area contributed by atoms with Gasteiger partial charge < -0.3 is 9.05 Å². The lowest BCUT2D eigenvalue weighted by Gasteiger charge is -2.16. The maximum absolute atomic E-state index is 6.40.